The van der Waals surface area contributed by atoms with Gasteiger partial charge in [-0.15, -0.1) is 0 Å². The minimum absolute atomic E-state index is 0.152. The number of carbonyl (C=O) groups is 2. The molecule has 10 heteroatoms. The average molecular weight is 405 g/mol. The molecule has 0 aliphatic carbocycles. The maximum atomic E-state index is 12.2. The van der Waals surface area contributed by atoms with Crippen LogP contribution in [0.15, 0.2) is 0 Å². The van der Waals surface area contributed by atoms with Crippen molar-refractivity contribution in [3.8, 4) is 0 Å². The molecule has 2 rings (SSSR count). The van der Waals surface area contributed by atoms with Crippen LogP contribution in [0.5, 0.6) is 0 Å². The molecule has 2 saturated heterocycles. The molecule has 0 spiro atoms. The van der Waals surface area contributed by atoms with Crippen LogP contribution < -0.4 is 5.32 Å². The molecular formula is C18H31NO9. The Bertz CT molecular complexity index is 574. The van der Waals surface area contributed by atoms with Crippen molar-refractivity contribution in [3.63, 3.8) is 0 Å². The summed E-state index contributed by atoms with van der Waals surface area (Å²) in [6, 6.07) is -1.16. The monoisotopic (exact) mass is 405 g/mol. The molecule has 0 aromatic heterocycles. The van der Waals surface area contributed by atoms with Gasteiger partial charge in [0.25, 0.3) is 0 Å². The molecule has 0 aromatic rings. The van der Waals surface area contributed by atoms with Crippen LogP contribution in [0.3, 0.4) is 0 Å². The van der Waals surface area contributed by atoms with E-state index in [0.717, 1.165) is 0 Å². The van der Waals surface area contributed by atoms with E-state index in [2.05, 4.69) is 5.32 Å². The minimum Gasteiger partial charge on any atom is -0.466 e. The van der Waals surface area contributed by atoms with E-state index in [-0.39, 0.29) is 6.61 Å². The zero-order chi connectivity index (χ0) is 21.3. The van der Waals surface area contributed by atoms with E-state index < -0.39 is 66.6 Å². The first kappa shape index (κ1) is 22.8. The van der Waals surface area contributed by atoms with Crippen molar-refractivity contribution in [1.82, 2.24) is 5.32 Å². The van der Waals surface area contributed by atoms with Crippen LogP contribution in [0.1, 0.15) is 48.0 Å². The first-order valence-electron chi connectivity index (χ1n) is 9.35. The zero-order valence-electron chi connectivity index (χ0n) is 17.1. The molecule has 28 heavy (non-hydrogen) atoms. The highest BCUT2D eigenvalue weighted by Gasteiger charge is 2.57. The number of ether oxygens (including phenoxy) is 5. The van der Waals surface area contributed by atoms with Gasteiger partial charge in [0.05, 0.1) is 25.2 Å². The number of carbonyl (C=O) groups excluding carboxylic acids is 2. The fraction of sp³-hybridized carbons (Fsp3) is 0.889. The lowest BCUT2D eigenvalue weighted by atomic mass is 9.97. The number of aliphatic hydroxyl groups is 2. The standard InChI is InChI=1S/C18H31NO9/c1-7-24-10(21)8-9(20)11(19-16(23)28-17(2,3)4)13-12(22)14-15(25-13)27-18(5,6)26-14/h9,11-15,20,22H,7-8H2,1-6H3,(H,19,23)/t9-,11+,12-,13+,14+,15+/m0/s1. The highest BCUT2D eigenvalue weighted by Crippen LogP contribution is 2.38. The lowest BCUT2D eigenvalue weighted by Gasteiger charge is -2.32. The summed E-state index contributed by atoms with van der Waals surface area (Å²) in [5.41, 5.74) is -0.775. The predicted molar refractivity (Wildman–Crippen MR) is 95.1 cm³/mol. The number of nitrogens with one attached hydrogen (secondary N) is 1. The van der Waals surface area contributed by atoms with Crippen molar-refractivity contribution in [2.75, 3.05) is 6.61 Å². The smallest absolute Gasteiger partial charge is 0.408 e. The van der Waals surface area contributed by atoms with Gasteiger partial charge >= 0.3 is 12.1 Å². The van der Waals surface area contributed by atoms with Crippen molar-refractivity contribution < 1.29 is 43.5 Å². The highest BCUT2D eigenvalue weighted by molar-refractivity contribution is 5.71. The van der Waals surface area contributed by atoms with Gasteiger partial charge in [-0.25, -0.2) is 4.79 Å². The van der Waals surface area contributed by atoms with E-state index in [1.807, 2.05) is 0 Å². The van der Waals surface area contributed by atoms with Crippen molar-refractivity contribution in [1.29, 1.82) is 0 Å². The summed E-state index contributed by atoms with van der Waals surface area (Å²) in [5.74, 6) is -1.58. The molecule has 0 aromatic carbocycles. The average Bonchev–Trinajstić information content (AvgIpc) is 2.96. The van der Waals surface area contributed by atoms with E-state index in [0.29, 0.717) is 0 Å². The minimum atomic E-state index is -1.39. The number of esters is 1. The van der Waals surface area contributed by atoms with Gasteiger partial charge in [0.15, 0.2) is 12.1 Å². The Hall–Kier alpha value is -1.46. The molecular weight excluding hydrogens is 374 g/mol. The van der Waals surface area contributed by atoms with E-state index in [1.165, 1.54) is 0 Å². The summed E-state index contributed by atoms with van der Waals surface area (Å²) in [7, 11) is 0. The van der Waals surface area contributed by atoms with Gasteiger partial charge in [-0.05, 0) is 41.5 Å². The zero-order valence-corrected chi connectivity index (χ0v) is 17.1. The Balaban J connectivity index is 2.14. The number of aliphatic hydroxyl groups excluding tert-OH is 2. The third-order valence-electron chi connectivity index (χ3n) is 4.19. The molecule has 0 saturated carbocycles. The van der Waals surface area contributed by atoms with Crippen molar-refractivity contribution in [2.24, 2.45) is 0 Å². The van der Waals surface area contributed by atoms with Gasteiger partial charge in [-0.1, -0.05) is 0 Å². The van der Waals surface area contributed by atoms with Crippen molar-refractivity contribution in [3.05, 3.63) is 0 Å². The number of fused-ring (bicyclic) bond motifs is 1. The molecule has 162 valence electrons. The Kier molecular flexibility index (Phi) is 6.93. The number of alkyl carbamates (subject to hydrolysis) is 1. The largest absolute Gasteiger partial charge is 0.466 e. The van der Waals surface area contributed by atoms with Crippen molar-refractivity contribution >= 4 is 12.1 Å². The van der Waals surface area contributed by atoms with Gasteiger partial charge in [-0.2, -0.15) is 0 Å². The molecule has 0 unspecified atom stereocenters. The quantitative estimate of drug-likeness (QED) is 0.538. The normalized spacial score (nSPS) is 31.0. The first-order valence-corrected chi connectivity index (χ1v) is 9.35. The Morgan fingerprint density at radius 1 is 1.25 bits per heavy atom. The molecule has 2 heterocycles. The van der Waals surface area contributed by atoms with Gasteiger partial charge < -0.3 is 39.2 Å². The molecule has 3 N–H and O–H groups in total. The Morgan fingerprint density at radius 2 is 1.89 bits per heavy atom. The van der Waals surface area contributed by atoms with E-state index >= 15 is 0 Å². The first-order chi connectivity index (χ1) is 12.8. The van der Waals surface area contributed by atoms with Gasteiger partial charge in [0, 0.05) is 0 Å². The Morgan fingerprint density at radius 3 is 2.43 bits per heavy atom. The second-order valence-corrected chi connectivity index (χ2v) is 8.31. The molecule has 10 nitrogen and oxygen atoms in total. The Labute approximate surface area is 164 Å². The number of hydrogen-bond donors (Lipinski definition) is 3. The summed E-state index contributed by atoms with van der Waals surface area (Å²) < 4.78 is 27.0. The lowest BCUT2D eigenvalue weighted by molar-refractivity contribution is -0.220. The second-order valence-electron chi connectivity index (χ2n) is 8.31. The number of hydrogen-bond acceptors (Lipinski definition) is 9. The summed E-state index contributed by atoms with van der Waals surface area (Å²) in [5, 5.41) is 23.7. The molecule has 2 aliphatic rings. The van der Waals surface area contributed by atoms with Crippen LogP contribution in [0.4, 0.5) is 4.79 Å². The molecule has 0 bridgehead atoms. The van der Waals surface area contributed by atoms with Crippen LogP contribution in [0.2, 0.25) is 0 Å². The van der Waals surface area contributed by atoms with Crippen LogP contribution in [0.25, 0.3) is 0 Å². The highest BCUT2D eigenvalue weighted by atomic mass is 16.8. The van der Waals surface area contributed by atoms with Crippen LogP contribution in [-0.4, -0.2) is 77.0 Å². The van der Waals surface area contributed by atoms with Crippen LogP contribution in [0, 0.1) is 0 Å². The van der Waals surface area contributed by atoms with E-state index in [4.69, 9.17) is 23.7 Å². The molecule has 2 aliphatic heterocycles. The number of amides is 1. The maximum absolute atomic E-state index is 12.2. The van der Waals surface area contributed by atoms with Gasteiger partial charge in [0.1, 0.15) is 23.9 Å². The third kappa shape index (κ3) is 5.77. The summed E-state index contributed by atoms with van der Waals surface area (Å²) in [6.07, 6.45) is -6.56. The molecule has 6 atom stereocenters. The lowest BCUT2D eigenvalue weighted by Crippen LogP contribution is -2.56. The fourth-order valence-corrected chi connectivity index (χ4v) is 3.17. The summed E-state index contributed by atoms with van der Waals surface area (Å²) in [4.78, 5) is 24.0. The van der Waals surface area contributed by atoms with Gasteiger partial charge in [-0.3, -0.25) is 4.79 Å². The maximum Gasteiger partial charge on any atom is 0.408 e. The van der Waals surface area contributed by atoms with Crippen LogP contribution in [-0.2, 0) is 28.5 Å². The van der Waals surface area contributed by atoms with E-state index in [9.17, 15) is 19.8 Å². The predicted octanol–water partition coefficient (Wildman–Crippen LogP) is 0.431. The molecule has 1 amide bonds. The van der Waals surface area contributed by atoms with Crippen LogP contribution >= 0.6 is 0 Å². The second kappa shape index (κ2) is 8.50. The van der Waals surface area contributed by atoms with E-state index in [1.54, 1.807) is 41.5 Å². The third-order valence-corrected chi connectivity index (χ3v) is 4.19. The topological polar surface area (TPSA) is 133 Å². The molecule has 0 radical (unpaired) electrons. The number of rotatable bonds is 6. The summed E-state index contributed by atoms with van der Waals surface area (Å²) >= 11 is 0. The summed E-state index contributed by atoms with van der Waals surface area (Å²) in [6.45, 7) is 10.2. The SMILES string of the molecule is CCOC(=O)C[C@H](O)[C@@H](NC(=O)OC(C)(C)C)[C@H]1O[C@@H]2OC(C)(C)O[C@@H]2[C@H]1O. The fourth-order valence-electron chi connectivity index (χ4n) is 3.17. The molecule has 2 fully saturated rings. The van der Waals surface area contributed by atoms with Gasteiger partial charge in [0.2, 0.25) is 0 Å². The van der Waals surface area contributed by atoms with Crippen molar-refractivity contribution in [2.45, 2.75) is 96.1 Å².